The SMILES string of the molecule is CCOC1CC(N2CCC(CCC(=O)O)CC2)C1. The van der Waals surface area contributed by atoms with E-state index in [1.165, 1.54) is 25.7 Å². The first-order valence-corrected chi connectivity index (χ1v) is 7.26. The Labute approximate surface area is 109 Å². The fraction of sp³-hybridized carbons (Fsp3) is 0.929. The molecule has 0 aromatic carbocycles. The summed E-state index contributed by atoms with van der Waals surface area (Å²) in [5.41, 5.74) is 0. The molecule has 18 heavy (non-hydrogen) atoms. The Kier molecular flexibility index (Phi) is 5.01. The van der Waals surface area contributed by atoms with Crippen LogP contribution in [0.4, 0.5) is 0 Å². The van der Waals surface area contributed by atoms with Crippen LogP contribution in [0.1, 0.15) is 45.4 Å². The smallest absolute Gasteiger partial charge is 0.303 e. The molecular weight excluding hydrogens is 230 g/mol. The summed E-state index contributed by atoms with van der Waals surface area (Å²) in [5.74, 6) is -0.0314. The molecular formula is C14H25NO3. The molecule has 2 aliphatic rings. The number of aliphatic carboxylic acids is 1. The Morgan fingerprint density at radius 3 is 2.56 bits per heavy atom. The summed E-state index contributed by atoms with van der Waals surface area (Å²) >= 11 is 0. The monoisotopic (exact) mass is 255 g/mol. The fourth-order valence-corrected chi connectivity index (χ4v) is 3.14. The molecule has 0 radical (unpaired) electrons. The largest absolute Gasteiger partial charge is 0.481 e. The summed E-state index contributed by atoms with van der Waals surface area (Å²) < 4.78 is 5.59. The highest BCUT2D eigenvalue weighted by molar-refractivity contribution is 5.66. The van der Waals surface area contributed by atoms with Gasteiger partial charge in [-0.25, -0.2) is 0 Å². The molecule has 2 fully saturated rings. The van der Waals surface area contributed by atoms with Crippen LogP contribution in [0.2, 0.25) is 0 Å². The third-order valence-corrected chi connectivity index (χ3v) is 4.40. The zero-order valence-electron chi connectivity index (χ0n) is 11.3. The van der Waals surface area contributed by atoms with Gasteiger partial charge in [0.05, 0.1) is 6.10 Å². The minimum Gasteiger partial charge on any atom is -0.481 e. The van der Waals surface area contributed by atoms with E-state index < -0.39 is 5.97 Å². The van der Waals surface area contributed by atoms with Crippen LogP contribution in [0.25, 0.3) is 0 Å². The number of rotatable bonds is 6. The van der Waals surface area contributed by atoms with E-state index in [0.29, 0.717) is 18.4 Å². The second-order valence-electron chi connectivity index (χ2n) is 5.61. The Morgan fingerprint density at radius 1 is 1.33 bits per heavy atom. The van der Waals surface area contributed by atoms with Crippen LogP contribution < -0.4 is 0 Å². The maximum atomic E-state index is 10.5. The number of nitrogens with zero attached hydrogens (tertiary/aromatic N) is 1. The van der Waals surface area contributed by atoms with E-state index in [1.807, 2.05) is 0 Å². The van der Waals surface area contributed by atoms with Crippen LogP contribution in [0.3, 0.4) is 0 Å². The van der Waals surface area contributed by atoms with Crippen LogP contribution in [-0.4, -0.2) is 47.8 Å². The predicted molar refractivity (Wildman–Crippen MR) is 69.6 cm³/mol. The van der Waals surface area contributed by atoms with Crippen molar-refractivity contribution in [3.63, 3.8) is 0 Å². The van der Waals surface area contributed by atoms with Crippen molar-refractivity contribution in [2.45, 2.75) is 57.6 Å². The van der Waals surface area contributed by atoms with Crippen molar-refractivity contribution in [3.8, 4) is 0 Å². The first kappa shape index (κ1) is 13.8. The van der Waals surface area contributed by atoms with E-state index >= 15 is 0 Å². The average molecular weight is 255 g/mol. The Hall–Kier alpha value is -0.610. The van der Waals surface area contributed by atoms with Crippen molar-refractivity contribution in [2.24, 2.45) is 5.92 Å². The van der Waals surface area contributed by atoms with Gasteiger partial charge in [0.1, 0.15) is 0 Å². The van der Waals surface area contributed by atoms with Gasteiger partial charge in [-0.15, -0.1) is 0 Å². The van der Waals surface area contributed by atoms with E-state index in [9.17, 15) is 4.79 Å². The lowest BCUT2D eigenvalue weighted by Crippen LogP contribution is -2.50. The number of likely N-dealkylation sites (tertiary alicyclic amines) is 1. The molecule has 0 atom stereocenters. The highest BCUT2D eigenvalue weighted by Gasteiger charge is 2.35. The summed E-state index contributed by atoms with van der Waals surface area (Å²) in [5, 5.41) is 8.69. The average Bonchev–Trinajstić information content (AvgIpc) is 2.31. The quantitative estimate of drug-likeness (QED) is 0.790. The van der Waals surface area contributed by atoms with E-state index in [1.54, 1.807) is 0 Å². The Balaban J connectivity index is 1.61. The van der Waals surface area contributed by atoms with Crippen molar-refractivity contribution in [2.75, 3.05) is 19.7 Å². The zero-order valence-corrected chi connectivity index (χ0v) is 11.3. The number of carboxylic acid groups (broad SMARTS) is 1. The molecule has 1 saturated carbocycles. The van der Waals surface area contributed by atoms with Gasteiger partial charge in [0.2, 0.25) is 0 Å². The van der Waals surface area contributed by atoms with Gasteiger partial charge >= 0.3 is 5.97 Å². The van der Waals surface area contributed by atoms with Crippen molar-refractivity contribution >= 4 is 5.97 Å². The molecule has 0 amide bonds. The Morgan fingerprint density at radius 2 is 2.00 bits per heavy atom. The van der Waals surface area contributed by atoms with Crippen molar-refractivity contribution in [3.05, 3.63) is 0 Å². The molecule has 1 heterocycles. The van der Waals surface area contributed by atoms with E-state index in [2.05, 4.69) is 11.8 Å². The highest BCUT2D eigenvalue weighted by Crippen LogP contribution is 2.32. The second kappa shape index (κ2) is 6.53. The molecule has 2 rings (SSSR count). The molecule has 1 aliphatic carbocycles. The molecule has 4 heteroatoms. The molecule has 0 aromatic rings. The zero-order chi connectivity index (χ0) is 13.0. The highest BCUT2D eigenvalue weighted by atomic mass is 16.5. The van der Waals surface area contributed by atoms with E-state index in [4.69, 9.17) is 9.84 Å². The molecule has 0 bridgehead atoms. The minimum atomic E-state index is -0.657. The number of hydrogen-bond donors (Lipinski definition) is 1. The van der Waals surface area contributed by atoms with Crippen molar-refractivity contribution in [1.29, 1.82) is 0 Å². The summed E-state index contributed by atoms with van der Waals surface area (Å²) in [4.78, 5) is 13.1. The van der Waals surface area contributed by atoms with Crippen LogP contribution in [0.15, 0.2) is 0 Å². The molecule has 1 aliphatic heterocycles. The van der Waals surface area contributed by atoms with Crippen LogP contribution in [0, 0.1) is 5.92 Å². The van der Waals surface area contributed by atoms with Gasteiger partial charge in [-0.3, -0.25) is 4.79 Å². The molecule has 4 nitrogen and oxygen atoms in total. The normalized spacial score (nSPS) is 30.1. The Bertz CT molecular complexity index is 268. The number of hydrogen-bond acceptors (Lipinski definition) is 3. The summed E-state index contributed by atoms with van der Waals surface area (Å²) in [6, 6.07) is 0.724. The van der Waals surface area contributed by atoms with Gasteiger partial charge in [0, 0.05) is 19.1 Å². The summed E-state index contributed by atoms with van der Waals surface area (Å²) in [7, 11) is 0. The lowest BCUT2D eigenvalue weighted by Gasteiger charge is -2.45. The van der Waals surface area contributed by atoms with Crippen LogP contribution in [-0.2, 0) is 9.53 Å². The van der Waals surface area contributed by atoms with Gasteiger partial charge in [-0.1, -0.05) is 0 Å². The number of carbonyl (C=O) groups is 1. The van der Waals surface area contributed by atoms with Crippen molar-refractivity contribution in [1.82, 2.24) is 4.90 Å². The summed E-state index contributed by atoms with van der Waals surface area (Å²) in [6.07, 6.45) is 6.40. The minimum absolute atomic E-state index is 0.334. The molecule has 0 aromatic heterocycles. The maximum absolute atomic E-state index is 10.5. The van der Waals surface area contributed by atoms with Gasteiger partial charge in [-0.2, -0.15) is 0 Å². The molecule has 1 N–H and O–H groups in total. The third-order valence-electron chi connectivity index (χ3n) is 4.40. The lowest BCUT2D eigenvalue weighted by molar-refractivity contribution is -0.137. The second-order valence-corrected chi connectivity index (χ2v) is 5.61. The third kappa shape index (κ3) is 3.69. The van der Waals surface area contributed by atoms with Crippen LogP contribution >= 0.6 is 0 Å². The number of ether oxygens (including phenoxy) is 1. The van der Waals surface area contributed by atoms with E-state index in [0.717, 1.165) is 32.2 Å². The van der Waals surface area contributed by atoms with Gasteiger partial charge < -0.3 is 14.7 Å². The van der Waals surface area contributed by atoms with Gasteiger partial charge in [0.15, 0.2) is 0 Å². The summed E-state index contributed by atoms with van der Waals surface area (Å²) in [6.45, 7) is 5.18. The number of piperidine rings is 1. The first-order valence-electron chi connectivity index (χ1n) is 7.26. The topological polar surface area (TPSA) is 49.8 Å². The maximum Gasteiger partial charge on any atom is 0.303 e. The van der Waals surface area contributed by atoms with Crippen molar-refractivity contribution < 1.29 is 14.6 Å². The molecule has 0 unspecified atom stereocenters. The molecule has 0 spiro atoms. The lowest BCUT2D eigenvalue weighted by atomic mass is 9.84. The number of carboxylic acids is 1. The first-order chi connectivity index (χ1) is 8.69. The van der Waals surface area contributed by atoms with E-state index in [-0.39, 0.29) is 0 Å². The molecule has 104 valence electrons. The molecule has 1 saturated heterocycles. The van der Waals surface area contributed by atoms with Crippen LogP contribution in [0.5, 0.6) is 0 Å². The van der Waals surface area contributed by atoms with Gasteiger partial charge in [0.25, 0.3) is 0 Å². The predicted octanol–water partition coefficient (Wildman–Crippen LogP) is 2.13. The van der Waals surface area contributed by atoms with Gasteiger partial charge in [-0.05, 0) is 58.0 Å². The fourth-order valence-electron chi connectivity index (χ4n) is 3.14. The standard InChI is InChI=1S/C14H25NO3/c1-2-18-13-9-12(10-13)15-7-5-11(6-8-15)3-4-14(16)17/h11-13H,2-10H2,1H3,(H,16,17).